The fourth-order valence-corrected chi connectivity index (χ4v) is 3.68. The smallest absolute Gasteiger partial charge is 0.308 e. The Morgan fingerprint density at radius 2 is 1.82 bits per heavy atom. The minimum Gasteiger partial charge on any atom is -0.481 e. The van der Waals surface area contributed by atoms with Crippen molar-refractivity contribution in [3.05, 3.63) is 66.0 Å². The highest BCUT2D eigenvalue weighted by atomic mass is 32.2. The molecular formula is C21H23N3O3S. The quantitative estimate of drug-likeness (QED) is 0.608. The van der Waals surface area contributed by atoms with E-state index in [1.807, 2.05) is 65.4 Å². The molecule has 2 unspecified atom stereocenters. The van der Waals surface area contributed by atoms with Gasteiger partial charge in [0.15, 0.2) is 0 Å². The summed E-state index contributed by atoms with van der Waals surface area (Å²) in [5, 5.41) is 12.4. The van der Waals surface area contributed by atoms with Crippen LogP contribution in [0.3, 0.4) is 0 Å². The minimum absolute atomic E-state index is 0.0894. The third kappa shape index (κ3) is 4.36. The molecule has 1 heterocycles. The summed E-state index contributed by atoms with van der Waals surface area (Å²) in [7, 11) is 0. The van der Waals surface area contributed by atoms with Crippen LogP contribution in [0.25, 0.3) is 11.0 Å². The number of para-hydroxylation sites is 2. The van der Waals surface area contributed by atoms with E-state index in [1.54, 1.807) is 18.7 Å². The first-order valence-electron chi connectivity index (χ1n) is 9.01. The van der Waals surface area contributed by atoms with Gasteiger partial charge in [-0.05, 0) is 30.9 Å². The van der Waals surface area contributed by atoms with Gasteiger partial charge in [0.2, 0.25) is 5.91 Å². The average molecular weight is 398 g/mol. The van der Waals surface area contributed by atoms with E-state index in [1.165, 1.54) is 0 Å². The largest absolute Gasteiger partial charge is 0.481 e. The van der Waals surface area contributed by atoms with Crippen LogP contribution in [0.15, 0.2) is 54.6 Å². The molecule has 0 fully saturated rings. The predicted molar refractivity (Wildman–Crippen MR) is 111 cm³/mol. The Hall–Kier alpha value is -2.80. The van der Waals surface area contributed by atoms with E-state index in [0.717, 1.165) is 22.4 Å². The van der Waals surface area contributed by atoms with Gasteiger partial charge in [0, 0.05) is 0 Å². The molecule has 0 bridgehead atoms. The van der Waals surface area contributed by atoms with Gasteiger partial charge in [-0.2, -0.15) is 11.8 Å². The highest BCUT2D eigenvalue weighted by Gasteiger charge is 2.27. The Morgan fingerprint density at radius 1 is 1.14 bits per heavy atom. The Balaban J connectivity index is 1.86. The minimum atomic E-state index is -0.953. The molecule has 0 aliphatic carbocycles. The SMILES string of the molecule is CSCc1nc2ccccc2n1CC(=O)NC(c1ccccc1)C(C)C(=O)O. The van der Waals surface area contributed by atoms with Crippen molar-refractivity contribution in [1.82, 2.24) is 14.9 Å². The predicted octanol–water partition coefficient (Wildman–Crippen LogP) is 3.48. The topological polar surface area (TPSA) is 84.2 Å². The Morgan fingerprint density at radius 3 is 2.50 bits per heavy atom. The number of imidazole rings is 1. The number of benzene rings is 2. The van der Waals surface area contributed by atoms with E-state index < -0.39 is 17.9 Å². The second-order valence-electron chi connectivity index (χ2n) is 6.62. The number of hydrogen-bond donors (Lipinski definition) is 2. The summed E-state index contributed by atoms with van der Waals surface area (Å²) in [6, 6.07) is 16.3. The van der Waals surface area contributed by atoms with Gasteiger partial charge in [-0.1, -0.05) is 42.5 Å². The molecule has 0 saturated carbocycles. The third-order valence-corrected chi connectivity index (χ3v) is 5.22. The summed E-state index contributed by atoms with van der Waals surface area (Å²) in [6.45, 7) is 1.69. The number of hydrogen-bond acceptors (Lipinski definition) is 4. The van der Waals surface area contributed by atoms with E-state index in [2.05, 4.69) is 10.3 Å². The summed E-state index contributed by atoms with van der Waals surface area (Å²) in [5.74, 6) is -0.434. The Bertz CT molecular complexity index is 971. The van der Waals surface area contributed by atoms with Crippen LogP contribution in [0.2, 0.25) is 0 Å². The lowest BCUT2D eigenvalue weighted by atomic mass is 9.94. The summed E-state index contributed by atoms with van der Waals surface area (Å²) in [6.07, 6.45) is 1.99. The first-order valence-corrected chi connectivity index (χ1v) is 10.4. The second-order valence-corrected chi connectivity index (χ2v) is 7.48. The van der Waals surface area contributed by atoms with Crippen LogP contribution in [-0.2, 0) is 21.9 Å². The lowest BCUT2D eigenvalue weighted by molar-refractivity contribution is -0.142. The number of thioether (sulfide) groups is 1. The molecule has 2 aromatic carbocycles. The molecule has 1 amide bonds. The fourth-order valence-electron chi connectivity index (χ4n) is 3.20. The Labute approximate surface area is 168 Å². The first kappa shape index (κ1) is 19.9. The van der Waals surface area contributed by atoms with Gasteiger partial charge in [-0.25, -0.2) is 4.98 Å². The first-order chi connectivity index (χ1) is 13.5. The molecule has 0 aliphatic heterocycles. The van der Waals surface area contributed by atoms with Crippen molar-refractivity contribution in [2.45, 2.75) is 25.3 Å². The van der Waals surface area contributed by atoms with Crippen LogP contribution in [0.1, 0.15) is 24.4 Å². The number of amides is 1. The Kier molecular flexibility index (Phi) is 6.36. The number of aromatic nitrogens is 2. The van der Waals surface area contributed by atoms with Gasteiger partial charge >= 0.3 is 5.97 Å². The van der Waals surface area contributed by atoms with Gasteiger partial charge < -0.3 is 15.0 Å². The van der Waals surface area contributed by atoms with Gasteiger partial charge in [-0.3, -0.25) is 9.59 Å². The maximum atomic E-state index is 12.9. The van der Waals surface area contributed by atoms with E-state index in [0.29, 0.717) is 5.75 Å². The van der Waals surface area contributed by atoms with Crippen molar-refractivity contribution in [2.24, 2.45) is 5.92 Å². The molecule has 28 heavy (non-hydrogen) atoms. The number of carboxylic acids is 1. The molecule has 6 nitrogen and oxygen atoms in total. The molecule has 0 saturated heterocycles. The standard InChI is InChI=1S/C21H23N3O3S/c1-14(21(26)27)20(15-8-4-3-5-9-15)23-19(25)12-24-17-11-7-6-10-16(17)22-18(24)13-28-2/h3-11,14,20H,12-13H2,1-2H3,(H,23,25)(H,26,27). The molecule has 146 valence electrons. The highest BCUT2D eigenvalue weighted by Crippen LogP contribution is 2.23. The molecule has 7 heteroatoms. The van der Waals surface area contributed by atoms with Crippen molar-refractivity contribution in [1.29, 1.82) is 0 Å². The van der Waals surface area contributed by atoms with Crippen LogP contribution in [0.4, 0.5) is 0 Å². The van der Waals surface area contributed by atoms with Crippen molar-refractivity contribution in [3.8, 4) is 0 Å². The number of aliphatic carboxylic acids is 1. The number of carboxylic acid groups (broad SMARTS) is 1. The van der Waals surface area contributed by atoms with Crippen molar-refractivity contribution < 1.29 is 14.7 Å². The summed E-state index contributed by atoms with van der Waals surface area (Å²) in [4.78, 5) is 29.0. The fraction of sp³-hybridized carbons (Fsp3) is 0.286. The molecule has 3 aromatic rings. The average Bonchev–Trinajstić information content (AvgIpc) is 3.04. The van der Waals surface area contributed by atoms with Crippen LogP contribution in [0, 0.1) is 5.92 Å². The maximum absolute atomic E-state index is 12.9. The third-order valence-electron chi connectivity index (χ3n) is 4.67. The van der Waals surface area contributed by atoms with Crippen molar-refractivity contribution in [2.75, 3.05) is 6.26 Å². The molecule has 0 radical (unpaired) electrons. The van der Waals surface area contributed by atoms with Gasteiger partial charge in [0.1, 0.15) is 12.4 Å². The zero-order valence-corrected chi connectivity index (χ0v) is 16.6. The summed E-state index contributed by atoms with van der Waals surface area (Å²) >= 11 is 1.64. The number of rotatable bonds is 8. The normalized spacial score (nSPS) is 13.2. The zero-order chi connectivity index (χ0) is 20.1. The molecule has 2 N–H and O–H groups in total. The maximum Gasteiger partial charge on any atom is 0.308 e. The number of carbonyl (C=O) groups excluding carboxylic acids is 1. The monoisotopic (exact) mass is 397 g/mol. The molecule has 1 aromatic heterocycles. The second kappa shape index (κ2) is 8.93. The highest BCUT2D eigenvalue weighted by molar-refractivity contribution is 7.97. The summed E-state index contributed by atoms with van der Waals surface area (Å²) < 4.78 is 1.90. The van der Waals surface area contributed by atoms with Crippen LogP contribution >= 0.6 is 11.8 Å². The molecule has 0 spiro atoms. The lowest BCUT2D eigenvalue weighted by Crippen LogP contribution is -2.37. The van der Waals surface area contributed by atoms with Gasteiger partial charge in [0.25, 0.3) is 0 Å². The van der Waals surface area contributed by atoms with E-state index >= 15 is 0 Å². The number of fused-ring (bicyclic) bond motifs is 1. The van der Waals surface area contributed by atoms with E-state index in [-0.39, 0.29) is 12.5 Å². The van der Waals surface area contributed by atoms with E-state index in [9.17, 15) is 14.7 Å². The zero-order valence-electron chi connectivity index (χ0n) is 15.8. The van der Waals surface area contributed by atoms with Crippen molar-refractivity contribution in [3.63, 3.8) is 0 Å². The van der Waals surface area contributed by atoms with Crippen LogP contribution in [0.5, 0.6) is 0 Å². The summed E-state index contributed by atoms with van der Waals surface area (Å²) in [5.41, 5.74) is 2.51. The lowest BCUT2D eigenvalue weighted by Gasteiger charge is -2.23. The molecule has 2 atom stereocenters. The van der Waals surface area contributed by atoms with Gasteiger partial charge in [-0.15, -0.1) is 0 Å². The van der Waals surface area contributed by atoms with E-state index in [4.69, 9.17) is 0 Å². The number of nitrogens with one attached hydrogen (secondary N) is 1. The molecular weight excluding hydrogens is 374 g/mol. The number of carbonyl (C=O) groups is 2. The van der Waals surface area contributed by atoms with Gasteiger partial charge in [0.05, 0.1) is 28.7 Å². The molecule has 0 aliphatic rings. The number of nitrogens with zero attached hydrogens (tertiary/aromatic N) is 2. The van der Waals surface area contributed by atoms with Crippen molar-refractivity contribution >= 4 is 34.7 Å². The molecule has 3 rings (SSSR count). The van der Waals surface area contributed by atoms with Crippen LogP contribution in [-0.4, -0.2) is 32.8 Å². The van der Waals surface area contributed by atoms with Crippen LogP contribution < -0.4 is 5.32 Å².